The molecule has 3 rings (SSSR count). The average Bonchev–Trinajstić information content (AvgIpc) is 2.69. The fourth-order valence-corrected chi connectivity index (χ4v) is 3.62. The number of carbonyl (C=O) groups is 2. The van der Waals surface area contributed by atoms with Crippen LogP contribution in [0.1, 0.15) is 23.5 Å². The van der Waals surface area contributed by atoms with Crippen molar-refractivity contribution in [3.05, 3.63) is 59.2 Å². The summed E-state index contributed by atoms with van der Waals surface area (Å²) >= 11 is 0. The molecule has 2 atom stereocenters. The Hall–Kier alpha value is -3.16. The van der Waals surface area contributed by atoms with Crippen molar-refractivity contribution in [1.29, 1.82) is 0 Å². The van der Waals surface area contributed by atoms with Crippen LogP contribution >= 0.6 is 0 Å². The molecule has 0 radical (unpaired) electrons. The standard InChI is InChI=1S/C21H21F2NO5/c1-28-13-5-3-12(4-6-13)10-24-11-16(21(26)27)15(9-19(24)25)20-17(22)7-14(29-2)8-18(20)23/h3-8,15-16H,9-11H2,1-2H3,(H,26,27). The van der Waals surface area contributed by atoms with Crippen LogP contribution < -0.4 is 9.47 Å². The molecule has 1 aliphatic rings. The second-order valence-corrected chi connectivity index (χ2v) is 6.88. The Morgan fingerprint density at radius 2 is 1.69 bits per heavy atom. The van der Waals surface area contributed by atoms with Crippen LogP contribution in [0.3, 0.4) is 0 Å². The maximum absolute atomic E-state index is 14.5. The van der Waals surface area contributed by atoms with Gasteiger partial charge in [-0.3, -0.25) is 9.59 Å². The fourth-order valence-electron chi connectivity index (χ4n) is 3.62. The Balaban J connectivity index is 1.86. The number of halogens is 2. The number of piperidine rings is 1. The number of carboxylic acids is 1. The molecular weight excluding hydrogens is 384 g/mol. The Bertz CT molecular complexity index is 893. The van der Waals surface area contributed by atoms with Crippen molar-refractivity contribution in [3.63, 3.8) is 0 Å². The predicted octanol–water partition coefficient (Wildman–Crippen LogP) is 3.20. The zero-order chi connectivity index (χ0) is 21.1. The summed E-state index contributed by atoms with van der Waals surface area (Å²) in [5.41, 5.74) is 0.402. The summed E-state index contributed by atoms with van der Waals surface area (Å²) in [5, 5.41) is 9.67. The molecule has 1 N–H and O–H groups in total. The van der Waals surface area contributed by atoms with Crippen LogP contribution in [-0.4, -0.2) is 42.6 Å². The molecule has 1 saturated heterocycles. The molecular formula is C21H21F2NO5. The highest BCUT2D eigenvalue weighted by molar-refractivity contribution is 5.82. The lowest BCUT2D eigenvalue weighted by Gasteiger charge is -2.36. The number of hydrogen-bond acceptors (Lipinski definition) is 4. The summed E-state index contributed by atoms with van der Waals surface area (Å²) in [5.74, 6) is -5.01. The molecule has 2 aromatic rings. The number of rotatable bonds is 6. The number of methoxy groups -OCH3 is 2. The molecule has 154 valence electrons. The van der Waals surface area contributed by atoms with Crippen LogP contribution in [-0.2, 0) is 16.1 Å². The average molecular weight is 405 g/mol. The lowest BCUT2D eigenvalue weighted by atomic mass is 9.79. The van der Waals surface area contributed by atoms with Crippen LogP contribution in [0.4, 0.5) is 8.78 Å². The minimum Gasteiger partial charge on any atom is -0.497 e. The van der Waals surface area contributed by atoms with Crippen LogP contribution in [0, 0.1) is 17.6 Å². The third kappa shape index (κ3) is 4.31. The van der Waals surface area contributed by atoms with E-state index in [1.807, 2.05) is 0 Å². The molecule has 1 fully saturated rings. The highest BCUT2D eigenvalue weighted by Gasteiger charge is 2.41. The van der Waals surface area contributed by atoms with Gasteiger partial charge in [0.1, 0.15) is 23.1 Å². The lowest BCUT2D eigenvalue weighted by Crippen LogP contribution is -2.46. The van der Waals surface area contributed by atoms with Gasteiger partial charge in [-0.25, -0.2) is 8.78 Å². The fraction of sp³-hybridized carbons (Fsp3) is 0.333. The van der Waals surface area contributed by atoms with Gasteiger partial charge in [0, 0.05) is 43.1 Å². The number of benzene rings is 2. The van der Waals surface area contributed by atoms with E-state index in [0.717, 1.165) is 17.7 Å². The molecule has 0 spiro atoms. The third-order valence-corrected chi connectivity index (χ3v) is 5.16. The lowest BCUT2D eigenvalue weighted by molar-refractivity contribution is -0.149. The van der Waals surface area contributed by atoms with Crippen molar-refractivity contribution >= 4 is 11.9 Å². The van der Waals surface area contributed by atoms with Crippen molar-refractivity contribution in [2.24, 2.45) is 5.92 Å². The molecule has 0 aromatic heterocycles. The number of carboxylic acid groups (broad SMARTS) is 1. The highest BCUT2D eigenvalue weighted by atomic mass is 19.1. The van der Waals surface area contributed by atoms with E-state index in [4.69, 9.17) is 9.47 Å². The molecule has 0 saturated carbocycles. The van der Waals surface area contributed by atoms with Crippen LogP contribution in [0.25, 0.3) is 0 Å². The van der Waals surface area contributed by atoms with E-state index in [-0.39, 0.29) is 31.2 Å². The predicted molar refractivity (Wildman–Crippen MR) is 99.8 cm³/mol. The maximum Gasteiger partial charge on any atom is 0.308 e. The molecule has 1 amide bonds. The zero-order valence-electron chi connectivity index (χ0n) is 16.0. The van der Waals surface area contributed by atoms with Gasteiger partial charge in [-0.15, -0.1) is 0 Å². The molecule has 29 heavy (non-hydrogen) atoms. The first-order valence-corrected chi connectivity index (χ1v) is 9.00. The number of likely N-dealkylation sites (tertiary alicyclic amines) is 1. The van der Waals surface area contributed by atoms with Crippen LogP contribution in [0.2, 0.25) is 0 Å². The minimum absolute atomic E-state index is 0.0149. The minimum atomic E-state index is -1.21. The van der Waals surface area contributed by atoms with E-state index in [2.05, 4.69) is 0 Å². The summed E-state index contributed by atoms with van der Waals surface area (Å²) in [7, 11) is 2.81. The van der Waals surface area contributed by atoms with E-state index < -0.39 is 35.0 Å². The molecule has 1 heterocycles. The SMILES string of the molecule is COc1ccc(CN2CC(C(=O)O)C(c3c(F)cc(OC)cc3F)CC2=O)cc1. The van der Waals surface area contributed by atoms with Gasteiger partial charge in [0.25, 0.3) is 0 Å². The molecule has 8 heteroatoms. The Morgan fingerprint density at radius 3 is 2.21 bits per heavy atom. The first kappa shape index (κ1) is 20.6. The van der Waals surface area contributed by atoms with Crippen molar-refractivity contribution in [2.45, 2.75) is 18.9 Å². The normalized spacial score (nSPS) is 19.2. The maximum atomic E-state index is 14.5. The molecule has 0 aliphatic carbocycles. The van der Waals surface area contributed by atoms with Gasteiger partial charge in [0.05, 0.1) is 20.1 Å². The van der Waals surface area contributed by atoms with Gasteiger partial charge < -0.3 is 19.5 Å². The largest absolute Gasteiger partial charge is 0.497 e. The number of amides is 1. The number of nitrogens with zero attached hydrogens (tertiary/aromatic N) is 1. The van der Waals surface area contributed by atoms with Gasteiger partial charge in [-0.05, 0) is 17.7 Å². The first-order chi connectivity index (χ1) is 13.8. The molecule has 0 bridgehead atoms. The first-order valence-electron chi connectivity index (χ1n) is 9.00. The Morgan fingerprint density at radius 1 is 1.10 bits per heavy atom. The van der Waals surface area contributed by atoms with Crippen molar-refractivity contribution in [3.8, 4) is 11.5 Å². The molecule has 2 unspecified atom stereocenters. The van der Waals surface area contributed by atoms with Gasteiger partial charge in [0.2, 0.25) is 5.91 Å². The Labute approximate surface area is 166 Å². The van der Waals surface area contributed by atoms with Crippen LogP contribution in [0.15, 0.2) is 36.4 Å². The van der Waals surface area contributed by atoms with Crippen molar-refractivity contribution in [1.82, 2.24) is 4.90 Å². The van der Waals surface area contributed by atoms with Crippen LogP contribution in [0.5, 0.6) is 11.5 Å². The monoisotopic (exact) mass is 405 g/mol. The quantitative estimate of drug-likeness (QED) is 0.799. The van der Waals surface area contributed by atoms with Gasteiger partial charge in [-0.1, -0.05) is 12.1 Å². The molecule has 2 aromatic carbocycles. The topological polar surface area (TPSA) is 76.1 Å². The number of aliphatic carboxylic acids is 1. The van der Waals surface area contributed by atoms with Gasteiger partial charge in [0.15, 0.2) is 0 Å². The smallest absolute Gasteiger partial charge is 0.308 e. The van der Waals surface area contributed by atoms with Gasteiger partial charge >= 0.3 is 5.97 Å². The van der Waals surface area contributed by atoms with E-state index >= 15 is 0 Å². The van der Waals surface area contributed by atoms with Crippen molar-refractivity contribution in [2.75, 3.05) is 20.8 Å². The zero-order valence-corrected chi connectivity index (χ0v) is 16.0. The van der Waals surface area contributed by atoms with E-state index in [1.165, 1.54) is 19.1 Å². The van der Waals surface area contributed by atoms with Crippen molar-refractivity contribution < 1.29 is 33.0 Å². The summed E-state index contributed by atoms with van der Waals surface area (Å²) in [6.07, 6.45) is -0.298. The highest BCUT2D eigenvalue weighted by Crippen LogP contribution is 2.38. The summed E-state index contributed by atoms with van der Waals surface area (Å²) < 4.78 is 38.9. The molecule has 1 aliphatic heterocycles. The second kappa shape index (κ2) is 8.46. The third-order valence-electron chi connectivity index (χ3n) is 5.16. The van der Waals surface area contributed by atoms with E-state index in [9.17, 15) is 23.5 Å². The number of ether oxygens (including phenoxy) is 2. The second-order valence-electron chi connectivity index (χ2n) is 6.88. The number of hydrogen-bond donors (Lipinski definition) is 1. The summed E-state index contributed by atoms with van der Waals surface area (Å²) in [6.45, 7) is 0.0582. The number of carbonyl (C=O) groups excluding carboxylic acids is 1. The van der Waals surface area contributed by atoms with E-state index in [0.29, 0.717) is 5.75 Å². The Kier molecular flexibility index (Phi) is 6.00. The molecule has 6 nitrogen and oxygen atoms in total. The van der Waals surface area contributed by atoms with Gasteiger partial charge in [-0.2, -0.15) is 0 Å². The summed E-state index contributed by atoms with van der Waals surface area (Å²) in [4.78, 5) is 25.9. The van der Waals surface area contributed by atoms with E-state index in [1.54, 1.807) is 24.3 Å². The summed E-state index contributed by atoms with van der Waals surface area (Å²) in [6, 6.07) is 9.01.